The molecule has 22 heavy (non-hydrogen) atoms. The molecule has 1 aliphatic heterocycles. The monoisotopic (exact) mass is 324 g/mol. The predicted molar refractivity (Wildman–Crippen MR) is 80.7 cm³/mol. The summed E-state index contributed by atoms with van der Waals surface area (Å²) in [6, 6.07) is 5.07. The van der Waals surface area contributed by atoms with E-state index in [9.17, 15) is 12.8 Å². The van der Waals surface area contributed by atoms with Gasteiger partial charge in [0.2, 0.25) is 10.0 Å². The van der Waals surface area contributed by atoms with Crippen molar-refractivity contribution in [1.29, 1.82) is 0 Å². The maximum atomic E-state index is 14.5. The molecule has 0 radical (unpaired) electrons. The SMILES string of the molecule is Cc1cc(CS(=O)(=O)N2CCCc3ccc(C)c(F)c32)no1. The van der Waals surface area contributed by atoms with Crippen molar-refractivity contribution >= 4 is 15.7 Å². The number of halogens is 1. The van der Waals surface area contributed by atoms with Crippen LogP contribution in [0, 0.1) is 19.7 Å². The second-order valence-electron chi connectivity index (χ2n) is 5.56. The summed E-state index contributed by atoms with van der Waals surface area (Å²) in [5, 5.41) is 3.72. The molecule has 1 aliphatic rings. The zero-order valence-corrected chi connectivity index (χ0v) is 13.3. The minimum absolute atomic E-state index is 0.187. The van der Waals surface area contributed by atoms with Crippen LogP contribution in [-0.4, -0.2) is 20.1 Å². The van der Waals surface area contributed by atoms with Gasteiger partial charge in [-0.15, -0.1) is 0 Å². The number of hydrogen-bond donors (Lipinski definition) is 0. The van der Waals surface area contributed by atoms with Gasteiger partial charge in [-0.05, 0) is 37.8 Å². The normalized spacial score (nSPS) is 15.0. The molecule has 2 heterocycles. The second-order valence-corrected chi connectivity index (χ2v) is 7.46. The Morgan fingerprint density at radius 2 is 2.14 bits per heavy atom. The van der Waals surface area contributed by atoms with E-state index in [0.717, 1.165) is 5.56 Å². The number of fused-ring (bicyclic) bond motifs is 1. The fraction of sp³-hybridized carbons (Fsp3) is 0.400. The minimum atomic E-state index is -3.70. The maximum absolute atomic E-state index is 14.5. The Hall–Kier alpha value is -1.89. The number of anilines is 1. The van der Waals surface area contributed by atoms with E-state index in [1.54, 1.807) is 32.0 Å². The highest BCUT2D eigenvalue weighted by atomic mass is 32.2. The van der Waals surface area contributed by atoms with E-state index in [4.69, 9.17) is 4.52 Å². The molecule has 0 spiro atoms. The molecular formula is C15H17FN2O3S. The van der Waals surface area contributed by atoms with Gasteiger partial charge in [-0.3, -0.25) is 4.31 Å². The van der Waals surface area contributed by atoms with Crippen molar-refractivity contribution in [2.24, 2.45) is 0 Å². The molecule has 7 heteroatoms. The molecule has 0 N–H and O–H groups in total. The lowest BCUT2D eigenvalue weighted by molar-refractivity contribution is 0.392. The van der Waals surface area contributed by atoms with Gasteiger partial charge in [0.15, 0.2) is 5.82 Å². The third kappa shape index (κ3) is 2.61. The Kier molecular flexibility index (Phi) is 3.68. The highest BCUT2D eigenvalue weighted by Gasteiger charge is 2.31. The smallest absolute Gasteiger partial charge is 0.241 e. The number of aromatic nitrogens is 1. The van der Waals surface area contributed by atoms with Crippen LogP contribution in [0.15, 0.2) is 22.7 Å². The average molecular weight is 324 g/mol. The van der Waals surface area contributed by atoms with Crippen LogP contribution in [0.25, 0.3) is 0 Å². The van der Waals surface area contributed by atoms with E-state index in [-0.39, 0.29) is 18.0 Å². The molecule has 0 fully saturated rings. The number of hydrogen-bond acceptors (Lipinski definition) is 4. The lowest BCUT2D eigenvalue weighted by Crippen LogP contribution is -2.37. The van der Waals surface area contributed by atoms with Crippen molar-refractivity contribution in [2.75, 3.05) is 10.8 Å². The first-order valence-electron chi connectivity index (χ1n) is 7.09. The molecule has 0 unspecified atom stereocenters. The molecule has 1 aromatic heterocycles. The van der Waals surface area contributed by atoms with Gasteiger partial charge in [0.05, 0.1) is 5.69 Å². The van der Waals surface area contributed by atoms with E-state index in [2.05, 4.69) is 5.16 Å². The van der Waals surface area contributed by atoms with Crippen LogP contribution >= 0.6 is 0 Å². The number of benzene rings is 1. The predicted octanol–water partition coefficient (Wildman–Crippen LogP) is 2.71. The van der Waals surface area contributed by atoms with E-state index in [1.807, 2.05) is 0 Å². The fourth-order valence-electron chi connectivity index (χ4n) is 2.73. The Labute approximate surface area is 128 Å². The largest absolute Gasteiger partial charge is 0.361 e. The van der Waals surface area contributed by atoms with E-state index >= 15 is 0 Å². The molecule has 3 rings (SSSR count). The van der Waals surface area contributed by atoms with Crippen LogP contribution in [0.4, 0.5) is 10.1 Å². The van der Waals surface area contributed by atoms with Crippen molar-refractivity contribution in [1.82, 2.24) is 5.16 Å². The first-order chi connectivity index (χ1) is 10.4. The summed E-state index contributed by atoms with van der Waals surface area (Å²) >= 11 is 0. The van der Waals surface area contributed by atoms with Crippen molar-refractivity contribution < 1.29 is 17.3 Å². The molecule has 0 amide bonds. The standard InChI is InChI=1S/C15H17FN2O3S/c1-10-5-6-12-4-3-7-18(15(12)14(10)16)22(19,20)9-13-8-11(2)21-17-13/h5-6,8H,3-4,7,9H2,1-2H3. The zero-order valence-electron chi connectivity index (χ0n) is 12.5. The van der Waals surface area contributed by atoms with Gasteiger partial charge < -0.3 is 4.52 Å². The van der Waals surface area contributed by atoms with Crippen LogP contribution in [-0.2, 0) is 22.2 Å². The van der Waals surface area contributed by atoms with E-state index in [0.29, 0.717) is 29.9 Å². The lowest BCUT2D eigenvalue weighted by Gasteiger charge is -2.31. The third-order valence-corrected chi connectivity index (χ3v) is 5.49. The number of nitrogens with zero attached hydrogens (tertiary/aromatic N) is 2. The summed E-state index contributed by atoms with van der Waals surface area (Å²) in [6.07, 6.45) is 1.36. The topological polar surface area (TPSA) is 63.4 Å². The molecule has 0 saturated heterocycles. The summed E-state index contributed by atoms with van der Waals surface area (Å²) in [7, 11) is -3.70. The number of sulfonamides is 1. The molecule has 118 valence electrons. The maximum Gasteiger partial charge on any atom is 0.241 e. The summed E-state index contributed by atoms with van der Waals surface area (Å²) in [4.78, 5) is 0. The van der Waals surface area contributed by atoms with E-state index < -0.39 is 15.8 Å². The average Bonchev–Trinajstić information content (AvgIpc) is 2.87. The van der Waals surface area contributed by atoms with Gasteiger partial charge in [0.25, 0.3) is 0 Å². The molecule has 1 aromatic carbocycles. The van der Waals surface area contributed by atoms with Crippen LogP contribution in [0.5, 0.6) is 0 Å². The van der Waals surface area contributed by atoms with Crippen LogP contribution in [0.2, 0.25) is 0 Å². The zero-order chi connectivity index (χ0) is 15.9. The Morgan fingerprint density at radius 1 is 1.36 bits per heavy atom. The third-order valence-electron chi connectivity index (χ3n) is 3.79. The van der Waals surface area contributed by atoms with Gasteiger partial charge in [0, 0.05) is 12.6 Å². The van der Waals surface area contributed by atoms with E-state index in [1.165, 1.54) is 4.31 Å². The molecule has 0 bridgehead atoms. The highest BCUT2D eigenvalue weighted by Crippen LogP contribution is 2.34. The van der Waals surface area contributed by atoms with Crippen molar-refractivity contribution in [3.63, 3.8) is 0 Å². The van der Waals surface area contributed by atoms with Crippen molar-refractivity contribution in [3.05, 3.63) is 46.6 Å². The number of rotatable bonds is 3. The lowest BCUT2D eigenvalue weighted by atomic mass is 10.0. The summed E-state index contributed by atoms with van der Waals surface area (Å²) in [6.45, 7) is 3.62. The molecule has 0 aliphatic carbocycles. The number of aryl methyl sites for hydroxylation is 3. The molecule has 0 saturated carbocycles. The second kappa shape index (κ2) is 5.39. The Bertz CT molecular complexity index is 814. The minimum Gasteiger partial charge on any atom is -0.361 e. The van der Waals surface area contributed by atoms with Gasteiger partial charge in [-0.1, -0.05) is 17.3 Å². The summed E-state index contributed by atoms with van der Waals surface area (Å²) in [5.41, 5.74) is 1.69. The first kappa shape index (κ1) is 15.0. The quantitative estimate of drug-likeness (QED) is 0.871. The first-order valence-corrected chi connectivity index (χ1v) is 8.70. The van der Waals surface area contributed by atoms with Crippen molar-refractivity contribution in [2.45, 2.75) is 32.4 Å². The molecule has 0 atom stereocenters. The molecule has 5 nitrogen and oxygen atoms in total. The molecular weight excluding hydrogens is 307 g/mol. The van der Waals surface area contributed by atoms with Gasteiger partial charge in [0.1, 0.15) is 17.2 Å². The summed E-state index contributed by atoms with van der Waals surface area (Å²) < 4.78 is 45.9. The Balaban J connectivity index is 2.01. The highest BCUT2D eigenvalue weighted by molar-refractivity contribution is 7.92. The van der Waals surface area contributed by atoms with Gasteiger partial charge in [-0.2, -0.15) is 0 Å². The van der Waals surface area contributed by atoms with Crippen molar-refractivity contribution in [3.8, 4) is 0 Å². The van der Waals surface area contributed by atoms with Crippen LogP contribution < -0.4 is 4.31 Å². The summed E-state index contributed by atoms with van der Waals surface area (Å²) in [5.74, 6) is -0.208. The van der Waals surface area contributed by atoms with Gasteiger partial charge >= 0.3 is 0 Å². The fourth-order valence-corrected chi connectivity index (χ4v) is 4.28. The Morgan fingerprint density at radius 3 is 2.82 bits per heavy atom. The van der Waals surface area contributed by atoms with Crippen LogP contribution in [0.1, 0.15) is 29.0 Å². The molecule has 2 aromatic rings. The van der Waals surface area contributed by atoms with Crippen LogP contribution in [0.3, 0.4) is 0 Å². The van der Waals surface area contributed by atoms with Gasteiger partial charge in [-0.25, -0.2) is 12.8 Å².